The molecule has 21 heavy (non-hydrogen) atoms. The van der Waals surface area contributed by atoms with Gasteiger partial charge in [0.2, 0.25) is 5.89 Å². The molecule has 6 heteroatoms. The SMILES string of the molecule is Clc1ccc(-c2cnc(CO/N=C/c3cccs3)o2)cc1. The first-order chi connectivity index (χ1) is 10.3. The monoisotopic (exact) mass is 318 g/mol. The van der Waals surface area contributed by atoms with E-state index in [1.165, 1.54) is 0 Å². The number of rotatable bonds is 5. The molecule has 3 aromatic rings. The normalized spacial score (nSPS) is 11.1. The Hall–Kier alpha value is -2.11. The zero-order valence-corrected chi connectivity index (χ0v) is 12.5. The Balaban J connectivity index is 1.59. The summed E-state index contributed by atoms with van der Waals surface area (Å²) in [6, 6.07) is 11.3. The first kappa shape index (κ1) is 13.9. The molecule has 2 aromatic heterocycles. The van der Waals surface area contributed by atoms with E-state index in [4.69, 9.17) is 20.9 Å². The number of hydrogen-bond acceptors (Lipinski definition) is 5. The van der Waals surface area contributed by atoms with Gasteiger partial charge < -0.3 is 9.25 Å². The minimum absolute atomic E-state index is 0.190. The molecule has 0 bridgehead atoms. The van der Waals surface area contributed by atoms with Crippen LogP contribution in [-0.2, 0) is 11.4 Å². The van der Waals surface area contributed by atoms with Crippen molar-refractivity contribution in [3.8, 4) is 11.3 Å². The maximum Gasteiger partial charge on any atom is 0.235 e. The van der Waals surface area contributed by atoms with E-state index < -0.39 is 0 Å². The van der Waals surface area contributed by atoms with Gasteiger partial charge in [0.05, 0.1) is 12.4 Å². The molecule has 0 radical (unpaired) electrons. The molecule has 2 heterocycles. The second kappa shape index (κ2) is 6.56. The van der Waals surface area contributed by atoms with E-state index in [1.807, 2.05) is 29.6 Å². The summed E-state index contributed by atoms with van der Waals surface area (Å²) in [5, 5.41) is 6.54. The third-order valence-electron chi connectivity index (χ3n) is 2.67. The van der Waals surface area contributed by atoms with Crippen LogP contribution in [0, 0.1) is 0 Å². The smallest absolute Gasteiger partial charge is 0.235 e. The summed E-state index contributed by atoms with van der Waals surface area (Å²) >= 11 is 7.44. The van der Waals surface area contributed by atoms with Crippen LogP contribution >= 0.6 is 22.9 Å². The second-order valence-corrected chi connectivity index (χ2v) is 5.56. The van der Waals surface area contributed by atoms with Crippen LogP contribution in [0.15, 0.2) is 57.5 Å². The van der Waals surface area contributed by atoms with Gasteiger partial charge in [0.25, 0.3) is 0 Å². The van der Waals surface area contributed by atoms with Crippen LogP contribution in [0.25, 0.3) is 11.3 Å². The Morgan fingerprint density at radius 2 is 2.14 bits per heavy atom. The van der Waals surface area contributed by atoms with Crippen molar-refractivity contribution in [2.24, 2.45) is 5.16 Å². The highest BCUT2D eigenvalue weighted by Crippen LogP contribution is 2.22. The van der Waals surface area contributed by atoms with Crippen molar-refractivity contribution in [3.63, 3.8) is 0 Å². The van der Waals surface area contributed by atoms with E-state index in [1.54, 1.807) is 35.9 Å². The van der Waals surface area contributed by atoms with Crippen molar-refractivity contribution in [1.29, 1.82) is 0 Å². The molecule has 0 unspecified atom stereocenters. The molecule has 3 rings (SSSR count). The van der Waals surface area contributed by atoms with E-state index in [9.17, 15) is 0 Å². The van der Waals surface area contributed by atoms with Crippen LogP contribution in [0.1, 0.15) is 10.8 Å². The minimum atomic E-state index is 0.190. The van der Waals surface area contributed by atoms with E-state index in [0.29, 0.717) is 16.7 Å². The van der Waals surface area contributed by atoms with Crippen LogP contribution in [-0.4, -0.2) is 11.2 Å². The van der Waals surface area contributed by atoms with Crippen LogP contribution < -0.4 is 0 Å². The summed E-state index contributed by atoms with van der Waals surface area (Å²) in [4.78, 5) is 10.3. The van der Waals surface area contributed by atoms with Gasteiger partial charge in [-0.3, -0.25) is 0 Å². The molecule has 0 spiro atoms. The molecule has 0 amide bonds. The van der Waals surface area contributed by atoms with Crippen LogP contribution in [0.4, 0.5) is 0 Å². The zero-order valence-electron chi connectivity index (χ0n) is 10.9. The van der Waals surface area contributed by atoms with Crippen molar-refractivity contribution in [2.75, 3.05) is 0 Å². The summed E-state index contributed by atoms with van der Waals surface area (Å²) in [5.41, 5.74) is 0.917. The average Bonchev–Trinajstić information content (AvgIpc) is 3.16. The molecule has 0 N–H and O–H groups in total. The highest BCUT2D eigenvalue weighted by molar-refractivity contribution is 7.11. The van der Waals surface area contributed by atoms with E-state index in [0.717, 1.165) is 10.4 Å². The average molecular weight is 319 g/mol. The van der Waals surface area contributed by atoms with Gasteiger partial charge in [-0.25, -0.2) is 4.98 Å². The number of benzene rings is 1. The van der Waals surface area contributed by atoms with Gasteiger partial charge in [0.15, 0.2) is 12.4 Å². The van der Waals surface area contributed by atoms with Gasteiger partial charge in [0, 0.05) is 15.5 Å². The quantitative estimate of drug-likeness (QED) is 0.510. The molecule has 1 aromatic carbocycles. The summed E-state index contributed by atoms with van der Waals surface area (Å²) in [5.74, 6) is 1.15. The molecule has 106 valence electrons. The lowest BCUT2D eigenvalue weighted by atomic mass is 10.2. The van der Waals surface area contributed by atoms with Crippen LogP contribution in [0.2, 0.25) is 5.02 Å². The number of thiophene rings is 1. The number of aromatic nitrogens is 1. The Bertz CT molecular complexity index is 720. The highest BCUT2D eigenvalue weighted by atomic mass is 35.5. The third kappa shape index (κ3) is 3.71. The van der Waals surface area contributed by atoms with E-state index in [-0.39, 0.29) is 6.61 Å². The summed E-state index contributed by atoms with van der Waals surface area (Å²) in [7, 11) is 0. The minimum Gasteiger partial charge on any atom is -0.437 e. The van der Waals surface area contributed by atoms with Gasteiger partial charge in [-0.15, -0.1) is 11.3 Å². The first-order valence-corrected chi connectivity index (χ1v) is 7.46. The van der Waals surface area contributed by atoms with E-state index >= 15 is 0 Å². The van der Waals surface area contributed by atoms with Gasteiger partial charge in [-0.1, -0.05) is 22.8 Å². The molecule has 0 aliphatic carbocycles. The van der Waals surface area contributed by atoms with Crippen molar-refractivity contribution in [3.05, 3.63) is 63.8 Å². The number of halogens is 1. The third-order valence-corrected chi connectivity index (χ3v) is 3.73. The van der Waals surface area contributed by atoms with Crippen LogP contribution in [0.3, 0.4) is 0 Å². The van der Waals surface area contributed by atoms with Crippen molar-refractivity contribution < 1.29 is 9.25 Å². The molecule has 0 aliphatic heterocycles. The fourth-order valence-corrected chi connectivity index (χ4v) is 2.37. The van der Waals surface area contributed by atoms with Crippen molar-refractivity contribution in [2.45, 2.75) is 6.61 Å². The Morgan fingerprint density at radius 3 is 2.90 bits per heavy atom. The molecule has 0 saturated heterocycles. The fourth-order valence-electron chi connectivity index (χ4n) is 1.67. The largest absolute Gasteiger partial charge is 0.437 e. The second-order valence-electron chi connectivity index (χ2n) is 4.15. The van der Waals surface area contributed by atoms with Gasteiger partial charge in [-0.05, 0) is 35.7 Å². The molecule has 0 saturated carbocycles. The molecule has 0 fully saturated rings. The maximum absolute atomic E-state index is 5.85. The Labute approximate surface area is 130 Å². The molecule has 4 nitrogen and oxygen atoms in total. The molecule has 0 atom stereocenters. The number of hydrogen-bond donors (Lipinski definition) is 0. The predicted octanol–water partition coefficient (Wildman–Crippen LogP) is 4.61. The fraction of sp³-hybridized carbons (Fsp3) is 0.0667. The predicted molar refractivity (Wildman–Crippen MR) is 83.7 cm³/mol. The molecular weight excluding hydrogens is 308 g/mol. The van der Waals surface area contributed by atoms with Gasteiger partial charge >= 0.3 is 0 Å². The van der Waals surface area contributed by atoms with Gasteiger partial charge in [-0.2, -0.15) is 0 Å². The van der Waals surface area contributed by atoms with Crippen LogP contribution in [0.5, 0.6) is 0 Å². The highest BCUT2D eigenvalue weighted by Gasteiger charge is 2.06. The van der Waals surface area contributed by atoms with Crippen molar-refractivity contribution in [1.82, 2.24) is 4.98 Å². The molecular formula is C15H11ClN2O2S. The summed E-state index contributed by atoms with van der Waals surface area (Å²) in [6.45, 7) is 0.190. The number of nitrogens with zero attached hydrogens (tertiary/aromatic N) is 2. The lowest BCUT2D eigenvalue weighted by molar-refractivity contribution is 0.113. The topological polar surface area (TPSA) is 47.6 Å². The summed E-state index contributed by atoms with van der Waals surface area (Å²) < 4.78 is 5.60. The first-order valence-electron chi connectivity index (χ1n) is 6.21. The number of oxime groups is 1. The zero-order chi connectivity index (χ0) is 14.5. The molecule has 0 aliphatic rings. The van der Waals surface area contributed by atoms with Gasteiger partial charge in [0.1, 0.15) is 0 Å². The Kier molecular flexibility index (Phi) is 4.33. The lowest BCUT2D eigenvalue weighted by Crippen LogP contribution is -1.86. The number of oxazole rings is 1. The summed E-state index contributed by atoms with van der Waals surface area (Å²) in [6.07, 6.45) is 3.32. The van der Waals surface area contributed by atoms with Crippen molar-refractivity contribution >= 4 is 29.2 Å². The maximum atomic E-state index is 5.85. The standard InChI is InChI=1S/C15H11ClN2O2S/c16-12-5-3-11(4-6-12)14-9-17-15(20-14)10-19-18-8-13-2-1-7-21-13/h1-9H,10H2/b18-8+. The van der Waals surface area contributed by atoms with E-state index in [2.05, 4.69) is 10.1 Å². The lowest BCUT2D eigenvalue weighted by Gasteiger charge is -1.96. The Morgan fingerprint density at radius 1 is 1.29 bits per heavy atom.